The Morgan fingerprint density at radius 3 is 2.93 bits per heavy atom. The van der Waals surface area contributed by atoms with Gasteiger partial charge in [-0.25, -0.2) is 4.39 Å². The van der Waals surface area contributed by atoms with E-state index in [1.165, 1.54) is 17.8 Å². The van der Waals surface area contributed by atoms with Gasteiger partial charge < -0.3 is 20.1 Å². The molecular formula is C19H17FN2O4S. The Hall–Kier alpha value is -2.74. The van der Waals surface area contributed by atoms with Crippen molar-refractivity contribution < 1.29 is 23.5 Å². The Bertz CT molecular complexity index is 905. The van der Waals surface area contributed by atoms with Gasteiger partial charge in [0, 0.05) is 16.2 Å². The summed E-state index contributed by atoms with van der Waals surface area (Å²) in [4.78, 5) is 25.1. The van der Waals surface area contributed by atoms with Crippen molar-refractivity contribution in [3.63, 3.8) is 0 Å². The minimum atomic E-state index is -0.380. The predicted molar refractivity (Wildman–Crippen MR) is 97.5 cm³/mol. The van der Waals surface area contributed by atoms with Crippen LogP contribution in [-0.4, -0.2) is 30.9 Å². The van der Waals surface area contributed by atoms with Crippen LogP contribution in [0.4, 0.5) is 4.39 Å². The molecule has 0 spiro atoms. The lowest BCUT2D eigenvalue weighted by molar-refractivity contribution is -0.120. The molecular weight excluding hydrogens is 371 g/mol. The van der Waals surface area contributed by atoms with Crippen molar-refractivity contribution in [1.29, 1.82) is 0 Å². The highest BCUT2D eigenvalue weighted by Crippen LogP contribution is 2.37. The molecule has 2 aliphatic heterocycles. The Labute approximate surface area is 159 Å². The number of carbonyl (C=O) groups excluding carboxylic acids is 2. The maximum Gasteiger partial charge on any atom is 0.251 e. The quantitative estimate of drug-likeness (QED) is 0.842. The maximum absolute atomic E-state index is 13.9. The molecule has 0 saturated carbocycles. The van der Waals surface area contributed by atoms with Gasteiger partial charge in [0.1, 0.15) is 5.82 Å². The van der Waals surface area contributed by atoms with Crippen LogP contribution < -0.4 is 20.1 Å². The fourth-order valence-corrected chi connectivity index (χ4v) is 4.22. The largest absolute Gasteiger partial charge is 0.454 e. The maximum atomic E-state index is 13.9. The van der Waals surface area contributed by atoms with Crippen LogP contribution in [0.15, 0.2) is 41.3 Å². The van der Waals surface area contributed by atoms with Gasteiger partial charge >= 0.3 is 0 Å². The molecule has 27 heavy (non-hydrogen) atoms. The van der Waals surface area contributed by atoms with Crippen molar-refractivity contribution in [2.75, 3.05) is 19.1 Å². The fraction of sp³-hybridized carbons (Fsp3) is 0.263. The van der Waals surface area contributed by atoms with Crippen molar-refractivity contribution in [2.24, 2.45) is 0 Å². The smallest absolute Gasteiger partial charge is 0.251 e. The van der Waals surface area contributed by atoms with Crippen LogP contribution >= 0.6 is 11.8 Å². The SMILES string of the molecule is O=C(CNC(=O)c1ccc2c(c1)OCO2)NC1CCSc2c(F)cccc21. The Morgan fingerprint density at radius 1 is 1.19 bits per heavy atom. The second-order valence-corrected chi connectivity index (χ2v) is 7.27. The molecule has 4 rings (SSSR count). The Balaban J connectivity index is 1.35. The lowest BCUT2D eigenvalue weighted by Gasteiger charge is -2.26. The Kier molecular flexibility index (Phi) is 4.89. The van der Waals surface area contributed by atoms with E-state index >= 15 is 0 Å². The van der Waals surface area contributed by atoms with Gasteiger partial charge in [0.15, 0.2) is 11.5 Å². The summed E-state index contributed by atoms with van der Waals surface area (Å²) >= 11 is 1.45. The topological polar surface area (TPSA) is 76.7 Å². The number of halogens is 1. The first-order valence-corrected chi connectivity index (χ1v) is 9.49. The summed E-state index contributed by atoms with van der Waals surface area (Å²) in [5.74, 6) is 0.844. The Morgan fingerprint density at radius 2 is 2.04 bits per heavy atom. The van der Waals surface area contributed by atoms with Crippen LogP contribution in [0.1, 0.15) is 28.4 Å². The second kappa shape index (κ2) is 7.48. The third-order valence-electron chi connectivity index (χ3n) is 4.41. The normalized spacial score (nSPS) is 17.1. The predicted octanol–water partition coefficient (Wildman–Crippen LogP) is 2.64. The summed E-state index contributed by atoms with van der Waals surface area (Å²) in [6.07, 6.45) is 0.711. The van der Waals surface area contributed by atoms with Gasteiger partial charge in [-0.05, 0) is 36.2 Å². The number of hydrogen-bond donors (Lipinski definition) is 2. The molecule has 140 valence electrons. The molecule has 0 aromatic heterocycles. The van der Waals surface area contributed by atoms with Gasteiger partial charge in [-0.2, -0.15) is 0 Å². The number of thioether (sulfide) groups is 1. The summed E-state index contributed by atoms with van der Waals surface area (Å²) in [6.45, 7) is -0.0356. The minimum absolute atomic E-state index is 0.130. The minimum Gasteiger partial charge on any atom is -0.454 e. The van der Waals surface area contributed by atoms with Crippen molar-refractivity contribution in [3.05, 3.63) is 53.3 Å². The molecule has 1 unspecified atom stereocenters. The van der Waals surface area contributed by atoms with E-state index in [2.05, 4.69) is 10.6 Å². The zero-order chi connectivity index (χ0) is 18.8. The molecule has 2 heterocycles. The summed E-state index contributed by atoms with van der Waals surface area (Å²) in [5, 5.41) is 5.46. The van der Waals surface area contributed by atoms with Crippen LogP contribution in [0, 0.1) is 5.82 Å². The third-order valence-corrected chi connectivity index (χ3v) is 5.56. The monoisotopic (exact) mass is 388 g/mol. The third kappa shape index (κ3) is 3.71. The zero-order valence-corrected chi connectivity index (χ0v) is 15.1. The highest BCUT2D eigenvalue weighted by molar-refractivity contribution is 7.99. The highest BCUT2D eigenvalue weighted by atomic mass is 32.2. The van der Waals surface area contributed by atoms with E-state index in [-0.39, 0.29) is 37.0 Å². The lowest BCUT2D eigenvalue weighted by Crippen LogP contribution is -2.39. The van der Waals surface area contributed by atoms with Crippen LogP contribution in [0.5, 0.6) is 11.5 Å². The molecule has 0 radical (unpaired) electrons. The first-order chi connectivity index (χ1) is 13.1. The van der Waals surface area contributed by atoms with Gasteiger partial charge in [0.25, 0.3) is 5.91 Å². The molecule has 6 nitrogen and oxygen atoms in total. The van der Waals surface area contributed by atoms with Gasteiger partial charge in [0.05, 0.1) is 12.6 Å². The van der Waals surface area contributed by atoms with Crippen molar-refractivity contribution >= 4 is 23.6 Å². The molecule has 2 aromatic carbocycles. The zero-order valence-electron chi connectivity index (χ0n) is 14.3. The molecule has 2 amide bonds. The van der Waals surface area contributed by atoms with E-state index in [0.29, 0.717) is 28.4 Å². The van der Waals surface area contributed by atoms with Crippen molar-refractivity contribution in [2.45, 2.75) is 17.4 Å². The molecule has 2 aromatic rings. The van der Waals surface area contributed by atoms with E-state index in [4.69, 9.17) is 9.47 Å². The molecule has 8 heteroatoms. The summed E-state index contributed by atoms with van der Waals surface area (Å²) in [5.41, 5.74) is 1.16. The molecule has 2 N–H and O–H groups in total. The molecule has 1 atom stereocenters. The number of nitrogens with one attached hydrogen (secondary N) is 2. The number of rotatable bonds is 4. The molecule has 0 saturated heterocycles. The number of benzene rings is 2. The van der Waals surface area contributed by atoms with Crippen molar-refractivity contribution in [1.82, 2.24) is 10.6 Å². The number of carbonyl (C=O) groups is 2. The van der Waals surface area contributed by atoms with E-state index in [9.17, 15) is 14.0 Å². The fourth-order valence-electron chi connectivity index (χ4n) is 3.08. The molecule has 2 aliphatic rings. The summed E-state index contributed by atoms with van der Waals surface area (Å²) < 4.78 is 24.4. The molecule has 0 fully saturated rings. The number of ether oxygens (including phenoxy) is 2. The summed E-state index contributed by atoms with van der Waals surface area (Å²) in [7, 11) is 0. The second-order valence-electron chi connectivity index (χ2n) is 6.17. The molecule has 0 aliphatic carbocycles. The van der Waals surface area contributed by atoms with E-state index in [0.717, 1.165) is 11.3 Å². The van der Waals surface area contributed by atoms with Crippen LogP contribution in [0.3, 0.4) is 0 Å². The lowest BCUT2D eigenvalue weighted by atomic mass is 10.0. The van der Waals surface area contributed by atoms with Crippen LogP contribution in [0.25, 0.3) is 0 Å². The average Bonchev–Trinajstić information content (AvgIpc) is 3.15. The van der Waals surface area contributed by atoms with E-state index < -0.39 is 0 Å². The van der Waals surface area contributed by atoms with Gasteiger partial charge in [-0.3, -0.25) is 9.59 Å². The van der Waals surface area contributed by atoms with Crippen LogP contribution in [0.2, 0.25) is 0 Å². The van der Waals surface area contributed by atoms with Gasteiger partial charge in [-0.15, -0.1) is 11.8 Å². The summed E-state index contributed by atoms with van der Waals surface area (Å²) in [6, 6.07) is 9.46. The van der Waals surface area contributed by atoms with Gasteiger partial charge in [-0.1, -0.05) is 12.1 Å². The first-order valence-electron chi connectivity index (χ1n) is 8.50. The number of hydrogen-bond acceptors (Lipinski definition) is 5. The number of amides is 2. The van der Waals surface area contributed by atoms with Gasteiger partial charge in [0.2, 0.25) is 12.7 Å². The van der Waals surface area contributed by atoms with E-state index in [1.54, 1.807) is 24.3 Å². The highest BCUT2D eigenvalue weighted by Gasteiger charge is 2.24. The molecule has 0 bridgehead atoms. The average molecular weight is 388 g/mol. The van der Waals surface area contributed by atoms with E-state index in [1.807, 2.05) is 6.07 Å². The van der Waals surface area contributed by atoms with Crippen LogP contribution in [-0.2, 0) is 4.79 Å². The number of fused-ring (bicyclic) bond motifs is 2. The standard InChI is InChI=1S/C19H17FN2O4S/c20-13-3-1-2-12-14(6-7-27-18(12)13)22-17(23)9-21-19(24)11-4-5-15-16(8-11)26-10-25-15/h1-5,8,14H,6-7,9-10H2,(H,21,24)(H,22,23). The first kappa shape index (κ1) is 17.7. The van der Waals surface area contributed by atoms with Crippen molar-refractivity contribution in [3.8, 4) is 11.5 Å².